The molecule has 0 aromatic heterocycles. The Morgan fingerprint density at radius 1 is 1.27 bits per heavy atom. The summed E-state index contributed by atoms with van der Waals surface area (Å²) in [6.07, 6.45) is 3.87. The Labute approximate surface area is 141 Å². The molecule has 22 heavy (non-hydrogen) atoms. The minimum Gasteiger partial charge on any atom is -0.311 e. The summed E-state index contributed by atoms with van der Waals surface area (Å²) in [6, 6.07) is 6.90. The predicted octanol–water partition coefficient (Wildman–Crippen LogP) is 2.19. The second-order valence-electron chi connectivity index (χ2n) is 5.68. The molecule has 0 aliphatic carbocycles. The van der Waals surface area contributed by atoms with Crippen molar-refractivity contribution in [3.63, 3.8) is 0 Å². The van der Waals surface area contributed by atoms with Crippen LogP contribution in [-0.4, -0.2) is 26.5 Å². The van der Waals surface area contributed by atoms with Gasteiger partial charge in [0.05, 0.1) is 15.5 Å². The van der Waals surface area contributed by atoms with Crippen molar-refractivity contribution >= 4 is 34.0 Å². The number of sulfonamides is 1. The van der Waals surface area contributed by atoms with Gasteiger partial charge in [-0.05, 0) is 43.9 Å². The highest BCUT2D eigenvalue weighted by atomic mass is 35.5. The SMILES string of the molecule is Cl.N#Cc1ccc(S(=O)(=O)NC2CC3CCC(C2)N3)cc1Cl. The van der Waals surface area contributed by atoms with Crippen molar-refractivity contribution in [1.29, 1.82) is 5.26 Å². The Hall–Kier alpha value is -0.840. The van der Waals surface area contributed by atoms with Crippen molar-refractivity contribution in [1.82, 2.24) is 10.0 Å². The maximum atomic E-state index is 12.4. The second-order valence-corrected chi connectivity index (χ2v) is 7.80. The first-order chi connectivity index (χ1) is 9.98. The average Bonchev–Trinajstić information content (AvgIpc) is 2.77. The maximum absolute atomic E-state index is 12.4. The van der Waals surface area contributed by atoms with Crippen molar-refractivity contribution in [3.8, 4) is 6.07 Å². The van der Waals surface area contributed by atoms with E-state index in [2.05, 4.69) is 10.0 Å². The molecule has 0 spiro atoms. The molecule has 2 aliphatic rings. The Kier molecular flexibility index (Phi) is 5.36. The van der Waals surface area contributed by atoms with E-state index in [9.17, 15) is 8.42 Å². The van der Waals surface area contributed by atoms with Crippen LogP contribution in [0.2, 0.25) is 5.02 Å². The summed E-state index contributed by atoms with van der Waals surface area (Å²) in [6.45, 7) is 0. The summed E-state index contributed by atoms with van der Waals surface area (Å²) >= 11 is 5.91. The zero-order valence-corrected chi connectivity index (χ0v) is 14.1. The molecule has 0 saturated carbocycles. The Bertz CT molecular complexity index is 691. The first kappa shape index (κ1) is 17.5. The molecule has 3 rings (SSSR count). The van der Waals surface area contributed by atoms with Gasteiger partial charge >= 0.3 is 0 Å². The van der Waals surface area contributed by atoms with Crippen LogP contribution >= 0.6 is 24.0 Å². The number of fused-ring (bicyclic) bond motifs is 2. The molecule has 2 N–H and O–H groups in total. The van der Waals surface area contributed by atoms with Gasteiger partial charge in [-0.3, -0.25) is 0 Å². The molecule has 2 unspecified atom stereocenters. The number of hydrogen-bond donors (Lipinski definition) is 2. The number of halogens is 2. The Morgan fingerprint density at radius 3 is 2.45 bits per heavy atom. The van der Waals surface area contributed by atoms with E-state index >= 15 is 0 Å². The number of rotatable bonds is 3. The quantitative estimate of drug-likeness (QED) is 0.864. The predicted molar refractivity (Wildman–Crippen MR) is 86.7 cm³/mol. The van der Waals surface area contributed by atoms with Crippen molar-refractivity contribution in [2.24, 2.45) is 0 Å². The number of nitrogens with one attached hydrogen (secondary N) is 2. The van der Waals surface area contributed by atoms with E-state index in [0.717, 1.165) is 25.7 Å². The van der Waals surface area contributed by atoms with E-state index < -0.39 is 10.0 Å². The summed E-state index contributed by atoms with van der Waals surface area (Å²) in [4.78, 5) is 0.109. The van der Waals surface area contributed by atoms with Crippen LogP contribution in [0.25, 0.3) is 0 Å². The van der Waals surface area contributed by atoms with E-state index in [1.807, 2.05) is 6.07 Å². The fourth-order valence-corrected chi connectivity index (χ4v) is 4.77. The van der Waals surface area contributed by atoms with Crippen LogP contribution in [0.5, 0.6) is 0 Å². The summed E-state index contributed by atoms with van der Waals surface area (Å²) in [5, 5.41) is 12.5. The summed E-state index contributed by atoms with van der Waals surface area (Å²) in [5.41, 5.74) is 0.274. The first-order valence-electron chi connectivity index (χ1n) is 6.96. The molecule has 120 valence electrons. The first-order valence-corrected chi connectivity index (χ1v) is 8.82. The van der Waals surface area contributed by atoms with Crippen molar-refractivity contribution in [2.45, 2.75) is 48.7 Å². The third-order valence-electron chi connectivity index (χ3n) is 4.17. The van der Waals surface area contributed by atoms with Crippen molar-refractivity contribution in [3.05, 3.63) is 28.8 Å². The van der Waals surface area contributed by atoms with Crippen LogP contribution < -0.4 is 10.0 Å². The number of piperidine rings is 1. The van der Waals surface area contributed by atoms with E-state index in [1.54, 1.807) is 0 Å². The highest BCUT2D eigenvalue weighted by molar-refractivity contribution is 7.89. The molecule has 0 radical (unpaired) electrons. The van der Waals surface area contributed by atoms with Gasteiger partial charge in [-0.15, -0.1) is 12.4 Å². The summed E-state index contributed by atoms with van der Waals surface area (Å²) in [5.74, 6) is 0. The van der Waals surface area contributed by atoms with Crippen LogP contribution in [0.3, 0.4) is 0 Å². The van der Waals surface area contributed by atoms with E-state index in [1.165, 1.54) is 18.2 Å². The molecule has 0 amide bonds. The number of hydrogen-bond acceptors (Lipinski definition) is 4. The molecule has 1 aromatic carbocycles. The average molecular weight is 362 g/mol. The van der Waals surface area contributed by atoms with Crippen LogP contribution in [-0.2, 0) is 10.0 Å². The fourth-order valence-electron chi connectivity index (χ4n) is 3.19. The topological polar surface area (TPSA) is 82.0 Å². The Balaban J connectivity index is 0.00000176. The standard InChI is InChI=1S/C14H16ClN3O2S.ClH/c15-14-7-13(4-1-9(14)8-16)21(19,20)18-12-5-10-2-3-11(6-12)17-10;/h1,4,7,10-12,17-18H,2-3,5-6H2;1H. The smallest absolute Gasteiger partial charge is 0.240 e. The third kappa shape index (κ3) is 3.55. The van der Waals surface area contributed by atoms with Gasteiger partial charge in [0.2, 0.25) is 10.0 Å². The molecule has 8 heteroatoms. The molecule has 5 nitrogen and oxygen atoms in total. The molecular weight excluding hydrogens is 345 g/mol. The second kappa shape index (κ2) is 6.73. The lowest BCUT2D eigenvalue weighted by Crippen LogP contribution is -2.47. The third-order valence-corrected chi connectivity index (χ3v) is 6.00. The minimum atomic E-state index is -3.60. The molecule has 2 saturated heterocycles. The zero-order valence-electron chi connectivity index (χ0n) is 11.8. The van der Waals surface area contributed by atoms with E-state index in [0.29, 0.717) is 12.1 Å². The van der Waals surface area contributed by atoms with Gasteiger partial charge in [-0.1, -0.05) is 11.6 Å². The highest BCUT2D eigenvalue weighted by Gasteiger charge is 2.35. The zero-order chi connectivity index (χ0) is 15.0. The molecule has 1 aromatic rings. The van der Waals surface area contributed by atoms with Crippen LogP contribution in [0.4, 0.5) is 0 Å². The number of benzene rings is 1. The van der Waals surface area contributed by atoms with Crippen LogP contribution in [0.1, 0.15) is 31.2 Å². The molecular formula is C14H17Cl2N3O2S. The van der Waals surface area contributed by atoms with Gasteiger partial charge in [0.15, 0.2) is 0 Å². The number of nitrogens with zero attached hydrogens (tertiary/aromatic N) is 1. The highest BCUT2D eigenvalue weighted by Crippen LogP contribution is 2.28. The van der Waals surface area contributed by atoms with Gasteiger partial charge < -0.3 is 5.32 Å². The van der Waals surface area contributed by atoms with Gasteiger partial charge in [-0.2, -0.15) is 5.26 Å². The maximum Gasteiger partial charge on any atom is 0.240 e. The largest absolute Gasteiger partial charge is 0.311 e. The van der Waals surface area contributed by atoms with Crippen LogP contribution in [0.15, 0.2) is 23.1 Å². The lowest BCUT2D eigenvalue weighted by atomic mass is 10.0. The van der Waals surface area contributed by atoms with Gasteiger partial charge in [0.1, 0.15) is 6.07 Å². The van der Waals surface area contributed by atoms with Crippen molar-refractivity contribution < 1.29 is 8.42 Å². The monoisotopic (exact) mass is 361 g/mol. The van der Waals surface area contributed by atoms with E-state index in [-0.39, 0.29) is 33.9 Å². The van der Waals surface area contributed by atoms with Gasteiger partial charge in [-0.25, -0.2) is 13.1 Å². The lowest BCUT2D eigenvalue weighted by molar-refractivity contribution is 0.345. The van der Waals surface area contributed by atoms with Crippen LogP contribution in [0, 0.1) is 11.3 Å². The van der Waals surface area contributed by atoms with Gasteiger partial charge in [0, 0.05) is 18.1 Å². The molecule has 2 atom stereocenters. The minimum absolute atomic E-state index is 0. The molecule has 2 aliphatic heterocycles. The summed E-state index contributed by atoms with van der Waals surface area (Å²) < 4.78 is 27.6. The molecule has 2 bridgehead atoms. The fraction of sp³-hybridized carbons (Fsp3) is 0.500. The lowest BCUT2D eigenvalue weighted by Gasteiger charge is -2.29. The number of nitriles is 1. The van der Waals surface area contributed by atoms with Crippen molar-refractivity contribution in [2.75, 3.05) is 0 Å². The van der Waals surface area contributed by atoms with Gasteiger partial charge in [0.25, 0.3) is 0 Å². The molecule has 2 fully saturated rings. The Morgan fingerprint density at radius 2 is 1.91 bits per heavy atom. The summed E-state index contributed by atoms with van der Waals surface area (Å²) in [7, 11) is -3.60. The molecule has 2 heterocycles. The van der Waals surface area contributed by atoms with E-state index in [4.69, 9.17) is 16.9 Å². The normalized spacial score (nSPS) is 27.0.